The molecule has 0 saturated heterocycles. The first-order valence-corrected chi connectivity index (χ1v) is 5.06. The van der Waals surface area contributed by atoms with E-state index in [1.54, 1.807) is 0 Å². The minimum atomic E-state index is -0.0757. The lowest BCUT2D eigenvalue weighted by Gasteiger charge is -1.97. The molecule has 0 radical (unpaired) electrons. The molecule has 0 atom stereocenters. The van der Waals surface area contributed by atoms with Crippen LogP contribution in [0.1, 0.15) is 30.8 Å². The third kappa shape index (κ3) is 3.10. The maximum atomic E-state index is 10.9. The molecule has 0 aliphatic carbocycles. The molecule has 0 N–H and O–H groups in total. The average Bonchev–Trinajstić information content (AvgIpc) is 2.15. The van der Waals surface area contributed by atoms with Crippen LogP contribution >= 0.6 is 11.8 Å². The summed E-state index contributed by atoms with van der Waals surface area (Å²) in [5.74, 6) is 0.872. The van der Waals surface area contributed by atoms with Crippen molar-refractivity contribution in [2.75, 3.05) is 5.75 Å². The Morgan fingerprint density at radius 1 is 1.62 bits per heavy atom. The Morgan fingerprint density at radius 2 is 2.38 bits per heavy atom. The molecule has 0 aromatic carbocycles. The van der Waals surface area contributed by atoms with Gasteiger partial charge in [0.1, 0.15) is 5.69 Å². The number of Topliss-reactive ketones (excluding diaryl/α,β-unsaturated/α-hetero) is 1. The minimum absolute atomic E-state index is 0.0757. The smallest absolute Gasteiger partial charge is 0.209 e. The fourth-order valence-corrected chi connectivity index (χ4v) is 1.37. The Bertz CT molecular complexity index is 303. The number of aromatic nitrogens is 3. The van der Waals surface area contributed by atoms with Gasteiger partial charge in [-0.15, -0.1) is 5.10 Å². The van der Waals surface area contributed by atoms with Crippen LogP contribution in [0.15, 0.2) is 11.4 Å². The van der Waals surface area contributed by atoms with Crippen molar-refractivity contribution in [1.82, 2.24) is 15.2 Å². The van der Waals surface area contributed by atoms with Gasteiger partial charge in [-0.05, 0) is 6.42 Å². The van der Waals surface area contributed by atoms with E-state index in [9.17, 15) is 4.79 Å². The van der Waals surface area contributed by atoms with E-state index < -0.39 is 0 Å². The third-order valence-electron chi connectivity index (χ3n) is 1.34. The monoisotopic (exact) mass is 197 g/mol. The van der Waals surface area contributed by atoms with Crippen molar-refractivity contribution in [2.24, 2.45) is 0 Å². The van der Waals surface area contributed by atoms with Crippen LogP contribution in [0.25, 0.3) is 0 Å². The molecule has 0 aliphatic heterocycles. The van der Waals surface area contributed by atoms with Gasteiger partial charge in [-0.25, -0.2) is 4.98 Å². The molecule has 0 unspecified atom stereocenters. The van der Waals surface area contributed by atoms with E-state index in [2.05, 4.69) is 22.1 Å². The van der Waals surface area contributed by atoms with Crippen LogP contribution in [0.5, 0.6) is 0 Å². The van der Waals surface area contributed by atoms with Crippen molar-refractivity contribution in [2.45, 2.75) is 25.4 Å². The summed E-state index contributed by atoms with van der Waals surface area (Å²) in [4.78, 5) is 15.0. The first-order chi connectivity index (χ1) is 6.24. The summed E-state index contributed by atoms with van der Waals surface area (Å²) >= 11 is 1.52. The lowest BCUT2D eigenvalue weighted by Crippen LogP contribution is -2.01. The van der Waals surface area contributed by atoms with Gasteiger partial charge < -0.3 is 0 Å². The standard InChI is InChI=1S/C8H11N3OS/c1-3-4-13-8-10-7(6(2)12)5-9-11-8/h5H,3-4H2,1-2H3. The van der Waals surface area contributed by atoms with Crippen LogP contribution in [0, 0.1) is 0 Å². The lowest BCUT2D eigenvalue weighted by molar-refractivity contribution is 0.101. The number of thioether (sulfide) groups is 1. The summed E-state index contributed by atoms with van der Waals surface area (Å²) in [6.45, 7) is 3.55. The molecule has 70 valence electrons. The van der Waals surface area contributed by atoms with Crippen molar-refractivity contribution in [3.63, 3.8) is 0 Å². The predicted molar refractivity (Wildman–Crippen MR) is 50.8 cm³/mol. The molecule has 5 heteroatoms. The van der Waals surface area contributed by atoms with Gasteiger partial charge in [-0.2, -0.15) is 5.10 Å². The molecule has 0 amide bonds. The van der Waals surface area contributed by atoms with Crippen LogP contribution < -0.4 is 0 Å². The number of hydrogen-bond donors (Lipinski definition) is 0. The topological polar surface area (TPSA) is 55.7 Å². The van der Waals surface area contributed by atoms with E-state index in [0.717, 1.165) is 12.2 Å². The summed E-state index contributed by atoms with van der Waals surface area (Å²) in [6, 6.07) is 0. The summed E-state index contributed by atoms with van der Waals surface area (Å²) < 4.78 is 0. The molecule has 0 saturated carbocycles. The van der Waals surface area contributed by atoms with E-state index in [1.165, 1.54) is 24.9 Å². The third-order valence-corrected chi connectivity index (χ3v) is 2.38. The number of nitrogens with zero attached hydrogens (tertiary/aromatic N) is 3. The zero-order valence-corrected chi connectivity index (χ0v) is 8.47. The van der Waals surface area contributed by atoms with Gasteiger partial charge in [0.05, 0.1) is 6.20 Å². The van der Waals surface area contributed by atoms with Gasteiger partial charge in [-0.1, -0.05) is 18.7 Å². The fraction of sp³-hybridized carbons (Fsp3) is 0.500. The minimum Gasteiger partial charge on any atom is -0.293 e. The number of hydrogen-bond acceptors (Lipinski definition) is 5. The number of rotatable bonds is 4. The Kier molecular flexibility index (Phi) is 3.82. The Hall–Kier alpha value is -0.970. The van der Waals surface area contributed by atoms with Gasteiger partial charge >= 0.3 is 0 Å². The molecule has 0 spiro atoms. The molecule has 0 fully saturated rings. The van der Waals surface area contributed by atoms with Gasteiger partial charge in [0.25, 0.3) is 0 Å². The van der Waals surface area contributed by atoms with E-state index in [-0.39, 0.29) is 5.78 Å². The zero-order chi connectivity index (χ0) is 9.68. The molecular formula is C8H11N3OS. The second-order valence-corrected chi connectivity index (χ2v) is 3.59. The largest absolute Gasteiger partial charge is 0.293 e. The molecule has 13 heavy (non-hydrogen) atoms. The molecular weight excluding hydrogens is 186 g/mol. The molecule has 1 aromatic heterocycles. The fourth-order valence-electron chi connectivity index (χ4n) is 0.711. The quantitative estimate of drug-likeness (QED) is 0.541. The number of carbonyl (C=O) groups excluding carboxylic acids is 1. The highest BCUT2D eigenvalue weighted by Crippen LogP contribution is 2.12. The van der Waals surface area contributed by atoms with E-state index >= 15 is 0 Å². The first-order valence-electron chi connectivity index (χ1n) is 4.07. The molecule has 4 nitrogen and oxygen atoms in total. The highest BCUT2D eigenvalue weighted by molar-refractivity contribution is 7.99. The molecule has 1 rings (SSSR count). The van der Waals surface area contributed by atoms with Crippen molar-refractivity contribution >= 4 is 17.5 Å². The van der Waals surface area contributed by atoms with Crippen LogP contribution in [0.4, 0.5) is 0 Å². The van der Waals surface area contributed by atoms with Crippen LogP contribution in [0.2, 0.25) is 0 Å². The zero-order valence-electron chi connectivity index (χ0n) is 7.65. The van der Waals surface area contributed by atoms with Gasteiger partial charge in [-0.3, -0.25) is 4.79 Å². The van der Waals surface area contributed by atoms with Crippen molar-refractivity contribution in [3.8, 4) is 0 Å². The first kappa shape index (κ1) is 10.1. The number of carbonyl (C=O) groups is 1. The second kappa shape index (κ2) is 4.91. The molecule has 0 aliphatic rings. The second-order valence-electron chi connectivity index (χ2n) is 2.53. The Labute approximate surface area is 81.2 Å². The predicted octanol–water partition coefficient (Wildman–Crippen LogP) is 1.58. The normalized spacial score (nSPS) is 10.0. The highest BCUT2D eigenvalue weighted by atomic mass is 32.2. The SMILES string of the molecule is CCCSc1nncc(C(C)=O)n1. The van der Waals surface area contributed by atoms with E-state index in [1.807, 2.05) is 0 Å². The van der Waals surface area contributed by atoms with Crippen molar-refractivity contribution in [1.29, 1.82) is 0 Å². The average molecular weight is 197 g/mol. The summed E-state index contributed by atoms with van der Waals surface area (Å²) in [7, 11) is 0. The lowest BCUT2D eigenvalue weighted by atomic mass is 10.3. The van der Waals surface area contributed by atoms with Crippen molar-refractivity contribution < 1.29 is 4.79 Å². The van der Waals surface area contributed by atoms with Gasteiger partial charge in [0.15, 0.2) is 5.78 Å². The van der Waals surface area contributed by atoms with E-state index in [0.29, 0.717) is 10.9 Å². The number of ketones is 1. The Morgan fingerprint density at radius 3 is 3.00 bits per heavy atom. The maximum Gasteiger partial charge on any atom is 0.209 e. The highest BCUT2D eigenvalue weighted by Gasteiger charge is 2.04. The summed E-state index contributed by atoms with van der Waals surface area (Å²) in [5, 5.41) is 8.09. The maximum absolute atomic E-state index is 10.9. The summed E-state index contributed by atoms with van der Waals surface area (Å²) in [5.41, 5.74) is 0.383. The van der Waals surface area contributed by atoms with Gasteiger partial charge in [0, 0.05) is 12.7 Å². The van der Waals surface area contributed by atoms with Crippen LogP contribution in [-0.2, 0) is 0 Å². The molecule has 1 heterocycles. The van der Waals surface area contributed by atoms with Crippen molar-refractivity contribution in [3.05, 3.63) is 11.9 Å². The van der Waals surface area contributed by atoms with Crippen LogP contribution in [-0.4, -0.2) is 26.7 Å². The molecule has 0 bridgehead atoms. The van der Waals surface area contributed by atoms with E-state index in [4.69, 9.17) is 0 Å². The Balaban J connectivity index is 2.73. The molecule has 1 aromatic rings. The van der Waals surface area contributed by atoms with Gasteiger partial charge in [0.2, 0.25) is 5.16 Å². The van der Waals surface area contributed by atoms with Crippen LogP contribution in [0.3, 0.4) is 0 Å². The summed E-state index contributed by atoms with van der Waals surface area (Å²) in [6.07, 6.45) is 2.44.